The van der Waals surface area contributed by atoms with Crippen LogP contribution in [-0.4, -0.2) is 38.9 Å². The summed E-state index contributed by atoms with van der Waals surface area (Å²) < 4.78 is 46.3. The number of rotatable bonds is 10. The third-order valence-corrected chi connectivity index (χ3v) is 6.95. The van der Waals surface area contributed by atoms with E-state index in [1.807, 2.05) is 12.1 Å². The fourth-order valence-corrected chi connectivity index (χ4v) is 4.60. The van der Waals surface area contributed by atoms with Crippen molar-refractivity contribution in [3.63, 3.8) is 0 Å². The Morgan fingerprint density at radius 2 is 1.69 bits per heavy atom. The number of hydrogen-bond donors (Lipinski definition) is 2. The minimum absolute atomic E-state index is 0.102. The molecule has 0 radical (unpaired) electrons. The number of anilines is 2. The summed E-state index contributed by atoms with van der Waals surface area (Å²) in [6.45, 7) is 8.14. The van der Waals surface area contributed by atoms with Gasteiger partial charge in [-0.15, -0.1) is 0 Å². The summed E-state index contributed by atoms with van der Waals surface area (Å²) in [5.74, 6) is -0.601. The van der Waals surface area contributed by atoms with Crippen LogP contribution in [0.15, 0.2) is 71.6 Å². The molecule has 7 nitrogen and oxygen atoms in total. The van der Waals surface area contributed by atoms with Crippen molar-refractivity contribution in [2.24, 2.45) is 0 Å². The van der Waals surface area contributed by atoms with Gasteiger partial charge in [-0.05, 0) is 80.6 Å². The molecule has 0 atom stereocenters. The van der Waals surface area contributed by atoms with Crippen LogP contribution in [0.1, 0.15) is 36.7 Å². The number of hydrogen-bond acceptors (Lipinski definition) is 5. The Hall–Kier alpha value is -3.43. The number of halogens is 1. The molecule has 9 heteroatoms. The molecule has 35 heavy (non-hydrogen) atoms. The first-order valence-corrected chi connectivity index (χ1v) is 12.7. The topological polar surface area (TPSA) is 87.7 Å². The van der Waals surface area contributed by atoms with Crippen LogP contribution in [-0.2, 0) is 16.6 Å². The summed E-state index contributed by atoms with van der Waals surface area (Å²) in [5.41, 5.74) is 2.11. The molecule has 0 heterocycles. The lowest BCUT2D eigenvalue weighted by Gasteiger charge is -2.24. The van der Waals surface area contributed by atoms with Crippen LogP contribution >= 0.6 is 0 Å². The molecular weight excluding hydrogens is 469 g/mol. The molecule has 1 amide bonds. The minimum Gasteiger partial charge on any atom is -0.495 e. The first-order valence-electron chi connectivity index (χ1n) is 11.2. The molecule has 2 N–H and O–H groups in total. The zero-order valence-corrected chi connectivity index (χ0v) is 21.0. The second-order valence-electron chi connectivity index (χ2n) is 8.28. The number of benzene rings is 3. The minimum atomic E-state index is -4.00. The van der Waals surface area contributed by atoms with Gasteiger partial charge in [-0.2, -0.15) is 0 Å². The van der Waals surface area contributed by atoms with Gasteiger partial charge in [-0.1, -0.05) is 19.1 Å². The van der Waals surface area contributed by atoms with Crippen molar-refractivity contribution < 1.29 is 22.3 Å². The van der Waals surface area contributed by atoms with Crippen molar-refractivity contribution in [1.29, 1.82) is 0 Å². The normalized spacial score (nSPS) is 11.5. The van der Waals surface area contributed by atoms with Crippen LogP contribution < -0.4 is 14.8 Å². The van der Waals surface area contributed by atoms with Gasteiger partial charge < -0.3 is 10.1 Å². The Morgan fingerprint density at radius 1 is 1.03 bits per heavy atom. The molecule has 3 rings (SSSR count). The third kappa shape index (κ3) is 6.80. The van der Waals surface area contributed by atoms with Crippen molar-refractivity contribution in [2.45, 2.75) is 38.3 Å². The maximum atomic E-state index is 13.2. The number of nitrogens with one attached hydrogen (secondary N) is 2. The Labute approximate surface area is 206 Å². The largest absolute Gasteiger partial charge is 0.495 e. The third-order valence-electron chi connectivity index (χ3n) is 5.56. The standard InChI is InChI=1S/C26H30FN3O4S/c1-5-30(18(2)3)17-19-6-8-20(9-7-19)26(31)28-22-12-15-25(34-4)24(16-22)29-35(32,33)23-13-10-21(27)11-14-23/h6-16,18,29H,5,17H2,1-4H3,(H,28,31). The van der Waals surface area contributed by atoms with Gasteiger partial charge in [0.25, 0.3) is 15.9 Å². The summed E-state index contributed by atoms with van der Waals surface area (Å²) in [6, 6.07) is 16.9. The highest BCUT2D eigenvalue weighted by atomic mass is 32.2. The van der Waals surface area contributed by atoms with Gasteiger partial charge in [0.05, 0.1) is 17.7 Å². The van der Waals surface area contributed by atoms with Crippen LogP contribution in [0.3, 0.4) is 0 Å². The number of ether oxygens (including phenoxy) is 1. The van der Waals surface area contributed by atoms with E-state index in [4.69, 9.17) is 4.74 Å². The fraction of sp³-hybridized carbons (Fsp3) is 0.269. The van der Waals surface area contributed by atoms with Gasteiger partial charge in [-0.25, -0.2) is 12.8 Å². The zero-order chi connectivity index (χ0) is 25.6. The van der Waals surface area contributed by atoms with E-state index in [1.165, 1.54) is 25.3 Å². The van der Waals surface area contributed by atoms with Crippen molar-refractivity contribution in [3.8, 4) is 5.75 Å². The number of methoxy groups -OCH3 is 1. The molecule has 0 aliphatic rings. The number of carbonyl (C=O) groups excluding carboxylic acids is 1. The van der Waals surface area contributed by atoms with Crippen LogP contribution in [0.2, 0.25) is 0 Å². The molecule has 0 aliphatic carbocycles. The summed E-state index contributed by atoms with van der Waals surface area (Å²) in [4.78, 5) is 15.0. The number of sulfonamides is 1. The van der Waals surface area contributed by atoms with Crippen LogP contribution in [0, 0.1) is 5.82 Å². The summed E-state index contributed by atoms with van der Waals surface area (Å²) in [7, 11) is -2.59. The lowest BCUT2D eigenvalue weighted by atomic mass is 10.1. The van der Waals surface area contributed by atoms with Crippen LogP contribution in [0.25, 0.3) is 0 Å². The molecule has 0 aromatic heterocycles. The molecule has 0 aliphatic heterocycles. The van der Waals surface area contributed by atoms with Gasteiger partial charge in [0.2, 0.25) is 0 Å². The number of nitrogens with zero attached hydrogens (tertiary/aromatic N) is 1. The van der Waals surface area contributed by atoms with Gasteiger partial charge in [0.1, 0.15) is 11.6 Å². The van der Waals surface area contributed by atoms with E-state index < -0.39 is 15.8 Å². The van der Waals surface area contributed by atoms with Gasteiger partial charge >= 0.3 is 0 Å². The molecule has 0 saturated carbocycles. The summed E-state index contributed by atoms with van der Waals surface area (Å²) in [5, 5.41) is 2.78. The second-order valence-corrected chi connectivity index (χ2v) is 9.96. The Balaban J connectivity index is 1.75. The van der Waals surface area contributed by atoms with E-state index in [-0.39, 0.29) is 22.2 Å². The quantitative estimate of drug-likeness (QED) is 0.404. The molecule has 0 spiro atoms. The first kappa shape index (κ1) is 26.2. The Bertz CT molecular complexity index is 1260. The fourth-order valence-electron chi connectivity index (χ4n) is 3.54. The SMILES string of the molecule is CCN(Cc1ccc(C(=O)Nc2ccc(OC)c(NS(=O)(=O)c3ccc(F)cc3)c2)cc1)C(C)C. The van der Waals surface area contributed by atoms with E-state index in [1.54, 1.807) is 24.3 Å². The molecule has 0 unspecified atom stereocenters. The Morgan fingerprint density at radius 3 is 2.26 bits per heavy atom. The van der Waals surface area contributed by atoms with Crippen molar-refractivity contribution >= 4 is 27.3 Å². The Kier molecular flexibility index (Phi) is 8.48. The second kappa shape index (κ2) is 11.3. The number of amides is 1. The van der Waals surface area contributed by atoms with Gasteiger partial charge in [-0.3, -0.25) is 14.4 Å². The van der Waals surface area contributed by atoms with Crippen molar-refractivity contribution in [2.75, 3.05) is 23.7 Å². The van der Waals surface area contributed by atoms with Gasteiger partial charge in [0.15, 0.2) is 0 Å². The lowest BCUT2D eigenvalue weighted by Crippen LogP contribution is -2.29. The van der Waals surface area contributed by atoms with Gasteiger partial charge in [0, 0.05) is 23.8 Å². The average molecular weight is 500 g/mol. The molecule has 186 valence electrons. The maximum absolute atomic E-state index is 13.2. The predicted octanol–water partition coefficient (Wildman–Crippen LogP) is 5.12. The van der Waals surface area contributed by atoms with Crippen LogP contribution in [0.4, 0.5) is 15.8 Å². The first-order chi connectivity index (χ1) is 16.6. The smallest absolute Gasteiger partial charge is 0.262 e. The van der Waals surface area contributed by atoms with E-state index in [0.717, 1.165) is 30.8 Å². The predicted molar refractivity (Wildman–Crippen MR) is 136 cm³/mol. The highest BCUT2D eigenvalue weighted by Gasteiger charge is 2.18. The molecule has 3 aromatic rings. The highest BCUT2D eigenvalue weighted by molar-refractivity contribution is 7.92. The van der Waals surface area contributed by atoms with Crippen molar-refractivity contribution in [1.82, 2.24) is 4.90 Å². The summed E-state index contributed by atoms with van der Waals surface area (Å²) >= 11 is 0. The zero-order valence-electron chi connectivity index (χ0n) is 20.2. The molecule has 0 saturated heterocycles. The van der Waals surface area contributed by atoms with E-state index in [0.29, 0.717) is 17.3 Å². The molecule has 0 fully saturated rings. The lowest BCUT2D eigenvalue weighted by molar-refractivity contribution is 0.102. The van der Waals surface area contributed by atoms with Crippen molar-refractivity contribution in [3.05, 3.63) is 83.7 Å². The van der Waals surface area contributed by atoms with Crippen LogP contribution in [0.5, 0.6) is 5.75 Å². The molecular formula is C26H30FN3O4S. The molecule has 3 aromatic carbocycles. The van der Waals surface area contributed by atoms with E-state index in [9.17, 15) is 17.6 Å². The molecule has 0 bridgehead atoms. The van der Waals surface area contributed by atoms with E-state index in [2.05, 4.69) is 35.7 Å². The highest BCUT2D eigenvalue weighted by Crippen LogP contribution is 2.30. The maximum Gasteiger partial charge on any atom is 0.262 e. The monoisotopic (exact) mass is 499 g/mol. The summed E-state index contributed by atoms with van der Waals surface area (Å²) in [6.07, 6.45) is 0. The average Bonchev–Trinajstić information content (AvgIpc) is 2.83. The number of carbonyl (C=O) groups is 1. The van der Waals surface area contributed by atoms with E-state index >= 15 is 0 Å².